The monoisotopic (exact) mass is 394 g/mol. The van der Waals surface area contributed by atoms with E-state index in [0.29, 0.717) is 5.69 Å². The number of pyridine rings is 1. The zero-order valence-electron chi connectivity index (χ0n) is 13.8. The fourth-order valence-corrected chi connectivity index (χ4v) is 3.79. The highest BCUT2D eigenvalue weighted by molar-refractivity contribution is 9.10. The molecule has 0 unspecified atom stereocenters. The summed E-state index contributed by atoms with van der Waals surface area (Å²) < 4.78 is 1.14. The first-order chi connectivity index (χ1) is 12.2. The quantitative estimate of drug-likeness (QED) is 0.703. The van der Waals surface area contributed by atoms with Crippen LogP contribution in [-0.2, 0) is 19.6 Å². The van der Waals surface area contributed by atoms with Crippen molar-refractivity contribution in [3.63, 3.8) is 0 Å². The van der Waals surface area contributed by atoms with Crippen LogP contribution in [0.5, 0.6) is 0 Å². The number of aromatic nitrogens is 1. The van der Waals surface area contributed by atoms with Gasteiger partial charge in [-0.3, -0.25) is 4.98 Å². The van der Waals surface area contributed by atoms with Crippen LogP contribution >= 0.6 is 15.9 Å². The van der Waals surface area contributed by atoms with E-state index in [4.69, 9.17) is 0 Å². The minimum absolute atomic E-state index is 0.0341. The molecule has 1 N–H and O–H groups in total. The molecule has 2 aromatic carbocycles. The smallest absolute Gasteiger partial charge is 0.0853 e. The molecule has 0 fully saturated rings. The van der Waals surface area contributed by atoms with E-state index in [1.54, 1.807) is 0 Å². The fourth-order valence-electron chi connectivity index (χ4n) is 3.38. The summed E-state index contributed by atoms with van der Waals surface area (Å²) in [6, 6.07) is 20.8. The molecule has 3 aromatic rings. The lowest BCUT2D eigenvalue weighted by molar-refractivity contribution is 0.277. The highest BCUT2D eigenvalue weighted by atomic mass is 79.9. The molecule has 0 saturated carbocycles. The van der Waals surface area contributed by atoms with Crippen molar-refractivity contribution in [2.45, 2.75) is 19.6 Å². The summed E-state index contributed by atoms with van der Waals surface area (Å²) in [5, 5.41) is 9.29. The molecule has 25 heavy (non-hydrogen) atoms. The third-order valence-corrected chi connectivity index (χ3v) is 5.09. The van der Waals surface area contributed by atoms with E-state index >= 15 is 0 Å². The first kappa shape index (κ1) is 16.3. The Kier molecular flexibility index (Phi) is 4.55. The predicted molar refractivity (Wildman–Crippen MR) is 104 cm³/mol. The Morgan fingerprint density at radius 2 is 1.92 bits per heavy atom. The molecule has 3 nitrogen and oxygen atoms in total. The first-order valence-corrected chi connectivity index (χ1v) is 9.22. The summed E-state index contributed by atoms with van der Waals surface area (Å²) >= 11 is 3.56. The van der Waals surface area contributed by atoms with Crippen LogP contribution in [-0.4, -0.2) is 16.6 Å². The van der Waals surface area contributed by atoms with Crippen molar-refractivity contribution in [2.75, 3.05) is 11.4 Å². The summed E-state index contributed by atoms with van der Waals surface area (Å²) in [6.07, 6.45) is 1.09. The number of hydrogen-bond acceptors (Lipinski definition) is 3. The Bertz CT molecular complexity index is 910. The van der Waals surface area contributed by atoms with Crippen molar-refractivity contribution in [3.05, 3.63) is 82.0 Å². The molecule has 0 radical (unpaired) electrons. The lowest BCUT2D eigenvalue weighted by Gasteiger charge is -2.20. The number of fused-ring (bicyclic) bond motifs is 1. The van der Waals surface area contributed by atoms with Crippen LogP contribution in [0, 0.1) is 0 Å². The largest absolute Gasteiger partial charge is 0.390 e. The molecule has 1 aliphatic heterocycles. The molecule has 0 amide bonds. The maximum atomic E-state index is 9.29. The fraction of sp³-hybridized carbons (Fsp3) is 0.190. The molecule has 0 atom stereocenters. The maximum absolute atomic E-state index is 9.29. The van der Waals surface area contributed by atoms with Gasteiger partial charge in [0.05, 0.1) is 18.0 Å². The molecule has 1 aliphatic rings. The van der Waals surface area contributed by atoms with Crippen molar-refractivity contribution < 1.29 is 5.11 Å². The number of anilines is 1. The molecule has 0 bridgehead atoms. The molecule has 0 spiro atoms. The number of halogens is 1. The highest BCUT2D eigenvalue weighted by Crippen LogP contribution is 2.32. The number of benzene rings is 2. The lowest BCUT2D eigenvalue weighted by Crippen LogP contribution is -2.19. The van der Waals surface area contributed by atoms with Crippen molar-refractivity contribution >= 4 is 21.6 Å². The third-order valence-electron chi connectivity index (χ3n) is 4.60. The van der Waals surface area contributed by atoms with Crippen LogP contribution in [0.25, 0.3) is 11.3 Å². The van der Waals surface area contributed by atoms with Gasteiger partial charge in [-0.2, -0.15) is 0 Å². The second kappa shape index (κ2) is 6.98. The lowest BCUT2D eigenvalue weighted by atomic mass is 10.1. The van der Waals surface area contributed by atoms with Gasteiger partial charge in [0, 0.05) is 28.8 Å². The Hall–Kier alpha value is -2.17. The Labute approximate surface area is 156 Å². The van der Waals surface area contributed by atoms with E-state index in [2.05, 4.69) is 68.3 Å². The molecular formula is C21H19BrN2O. The summed E-state index contributed by atoms with van der Waals surface area (Å²) in [6.45, 7) is 1.91. The number of nitrogens with zero attached hydrogens (tertiary/aromatic N) is 2. The molecule has 4 rings (SSSR count). The normalized spacial score (nSPS) is 13.1. The SMILES string of the molecule is OCc1cccc(-c2cccc(CN3CCc4cc(Br)ccc43)c2)n1. The zero-order chi connectivity index (χ0) is 17.2. The topological polar surface area (TPSA) is 36.4 Å². The maximum Gasteiger partial charge on any atom is 0.0853 e. The molecular weight excluding hydrogens is 376 g/mol. The van der Waals surface area contributed by atoms with Crippen molar-refractivity contribution in [3.8, 4) is 11.3 Å². The van der Waals surface area contributed by atoms with Gasteiger partial charge in [0.1, 0.15) is 0 Å². The van der Waals surface area contributed by atoms with E-state index < -0.39 is 0 Å². The van der Waals surface area contributed by atoms with E-state index in [0.717, 1.165) is 35.2 Å². The standard InChI is InChI=1S/C21H19BrN2O/c22-18-7-8-21-17(12-18)9-10-24(21)13-15-3-1-4-16(11-15)20-6-2-5-19(14-25)23-20/h1-8,11-12,25H,9-10,13-14H2. The van der Waals surface area contributed by atoms with Crippen molar-refractivity contribution in [2.24, 2.45) is 0 Å². The zero-order valence-corrected chi connectivity index (χ0v) is 15.4. The van der Waals surface area contributed by atoms with Gasteiger partial charge in [-0.1, -0.05) is 40.2 Å². The third kappa shape index (κ3) is 3.46. The van der Waals surface area contributed by atoms with E-state index in [1.165, 1.54) is 16.8 Å². The Balaban J connectivity index is 1.59. The van der Waals surface area contributed by atoms with Crippen LogP contribution < -0.4 is 4.90 Å². The molecule has 1 aromatic heterocycles. The van der Waals surface area contributed by atoms with Gasteiger partial charge in [0.2, 0.25) is 0 Å². The number of hydrogen-bond donors (Lipinski definition) is 1. The van der Waals surface area contributed by atoms with E-state index in [-0.39, 0.29) is 6.61 Å². The molecule has 126 valence electrons. The van der Waals surface area contributed by atoms with Gasteiger partial charge in [-0.05, 0) is 53.9 Å². The van der Waals surface area contributed by atoms with Gasteiger partial charge in [-0.15, -0.1) is 0 Å². The Morgan fingerprint density at radius 1 is 1.04 bits per heavy atom. The number of rotatable bonds is 4. The highest BCUT2D eigenvalue weighted by Gasteiger charge is 2.19. The Morgan fingerprint density at radius 3 is 2.80 bits per heavy atom. The second-order valence-electron chi connectivity index (χ2n) is 6.32. The van der Waals surface area contributed by atoms with Gasteiger partial charge in [0.15, 0.2) is 0 Å². The van der Waals surface area contributed by atoms with Gasteiger partial charge in [0.25, 0.3) is 0 Å². The van der Waals surface area contributed by atoms with Crippen molar-refractivity contribution in [1.82, 2.24) is 4.98 Å². The van der Waals surface area contributed by atoms with Crippen LogP contribution in [0.2, 0.25) is 0 Å². The minimum atomic E-state index is -0.0341. The number of aliphatic hydroxyl groups excluding tert-OH is 1. The van der Waals surface area contributed by atoms with E-state index in [1.807, 2.05) is 18.2 Å². The summed E-state index contributed by atoms with van der Waals surface area (Å²) in [5.41, 5.74) is 6.69. The van der Waals surface area contributed by atoms with E-state index in [9.17, 15) is 5.11 Å². The summed E-state index contributed by atoms with van der Waals surface area (Å²) in [4.78, 5) is 6.94. The summed E-state index contributed by atoms with van der Waals surface area (Å²) in [5.74, 6) is 0. The van der Waals surface area contributed by atoms with Gasteiger partial charge < -0.3 is 10.0 Å². The van der Waals surface area contributed by atoms with Crippen LogP contribution in [0.4, 0.5) is 5.69 Å². The van der Waals surface area contributed by atoms with Crippen LogP contribution in [0.3, 0.4) is 0 Å². The average Bonchev–Trinajstić information content (AvgIpc) is 3.04. The van der Waals surface area contributed by atoms with Gasteiger partial charge >= 0.3 is 0 Å². The van der Waals surface area contributed by atoms with Crippen molar-refractivity contribution in [1.29, 1.82) is 0 Å². The van der Waals surface area contributed by atoms with Crippen LogP contribution in [0.15, 0.2) is 65.1 Å². The molecule has 0 aliphatic carbocycles. The average molecular weight is 395 g/mol. The molecule has 0 saturated heterocycles. The summed E-state index contributed by atoms with van der Waals surface area (Å²) in [7, 11) is 0. The number of aliphatic hydroxyl groups is 1. The van der Waals surface area contributed by atoms with Crippen LogP contribution in [0.1, 0.15) is 16.8 Å². The first-order valence-electron chi connectivity index (χ1n) is 8.42. The molecule has 4 heteroatoms. The van der Waals surface area contributed by atoms with Gasteiger partial charge in [-0.25, -0.2) is 0 Å². The second-order valence-corrected chi connectivity index (χ2v) is 7.23. The minimum Gasteiger partial charge on any atom is -0.390 e. The molecule has 2 heterocycles. The predicted octanol–water partition coefficient (Wildman–Crippen LogP) is 4.57.